The van der Waals surface area contributed by atoms with Crippen LogP contribution in [0.2, 0.25) is 0 Å². The third-order valence-electron chi connectivity index (χ3n) is 3.30. The summed E-state index contributed by atoms with van der Waals surface area (Å²) in [7, 11) is 0. The van der Waals surface area contributed by atoms with Gasteiger partial charge in [0.05, 0.1) is 12.2 Å². The largest absolute Gasteiger partial charge is 0.492 e. The zero-order valence-electron chi connectivity index (χ0n) is 13.3. The molecule has 0 aliphatic carbocycles. The van der Waals surface area contributed by atoms with Crippen LogP contribution >= 0.6 is 0 Å². The second kappa shape index (κ2) is 8.17. The van der Waals surface area contributed by atoms with Crippen LogP contribution in [0.15, 0.2) is 48.5 Å². The van der Waals surface area contributed by atoms with Crippen molar-refractivity contribution in [3.8, 4) is 5.75 Å². The summed E-state index contributed by atoms with van der Waals surface area (Å²) >= 11 is 0. The maximum absolute atomic E-state index is 13.4. The molecule has 2 aromatic carbocycles. The predicted octanol–water partition coefficient (Wildman–Crippen LogP) is 4.15. The third-order valence-corrected chi connectivity index (χ3v) is 3.30. The molecule has 0 fully saturated rings. The van der Waals surface area contributed by atoms with Crippen molar-refractivity contribution in [3.05, 3.63) is 59.9 Å². The van der Waals surface area contributed by atoms with Crippen molar-refractivity contribution in [2.45, 2.75) is 19.8 Å². The van der Waals surface area contributed by atoms with E-state index in [1.54, 1.807) is 12.1 Å². The molecule has 2 amide bonds. The molecule has 0 saturated carbocycles. The van der Waals surface area contributed by atoms with Crippen LogP contribution in [0.3, 0.4) is 0 Å². The summed E-state index contributed by atoms with van der Waals surface area (Å²) in [6.45, 7) is 4.90. The van der Waals surface area contributed by atoms with Crippen LogP contribution in [-0.2, 0) is 0 Å². The maximum Gasteiger partial charge on any atom is 0.319 e. The van der Waals surface area contributed by atoms with Crippen LogP contribution in [0.1, 0.15) is 25.3 Å². The molecule has 23 heavy (non-hydrogen) atoms. The van der Waals surface area contributed by atoms with Gasteiger partial charge in [0, 0.05) is 0 Å². The number of carbonyl (C=O) groups excluding carboxylic acids is 1. The number of carbonyl (C=O) groups is 1. The van der Waals surface area contributed by atoms with Crippen molar-refractivity contribution < 1.29 is 13.9 Å². The highest BCUT2D eigenvalue weighted by atomic mass is 19.1. The van der Waals surface area contributed by atoms with Crippen molar-refractivity contribution in [3.63, 3.8) is 0 Å². The minimum atomic E-state index is -0.468. The summed E-state index contributed by atoms with van der Waals surface area (Å²) in [6.07, 6.45) is 0. The van der Waals surface area contributed by atoms with Crippen molar-refractivity contribution in [1.82, 2.24) is 5.32 Å². The van der Waals surface area contributed by atoms with Gasteiger partial charge < -0.3 is 15.4 Å². The Kier molecular flexibility index (Phi) is 5.97. The van der Waals surface area contributed by atoms with Gasteiger partial charge in [-0.05, 0) is 35.7 Å². The standard InChI is InChI=1S/C18H21FN2O2/c1-13(2)14-6-5-7-15(12-14)23-11-10-20-18(22)21-17-9-4-3-8-16(17)19/h3-9,12-13H,10-11H2,1-2H3,(H2,20,21,22). The number of ether oxygens (including phenoxy) is 1. The lowest BCUT2D eigenvalue weighted by Gasteiger charge is -2.11. The number of amides is 2. The van der Waals surface area contributed by atoms with Crippen molar-refractivity contribution >= 4 is 11.7 Å². The van der Waals surface area contributed by atoms with Gasteiger partial charge in [0.15, 0.2) is 0 Å². The molecular weight excluding hydrogens is 295 g/mol. The first-order chi connectivity index (χ1) is 11.1. The number of anilines is 1. The van der Waals surface area contributed by atoms with Crippen LogP contribution in [0.5, 0.6) is 5.75 Å². The molecule has 2 aromatic rings. The van der Waals surface area contributed by atoms with E-state index in [-0.39, 0.29) is 5.69 Å². The highest BCUT2D eigenvalue weighted by Gasteiger charge is 2.05. The molecule has 0 aliphatic heterocycles. The molecule has 0 heterocycles. The van der Waals surface area contributed by atoms with E-state index in [1.807, 2.05) is 18.2 Å². The van der Waals surface area contributed by atoms with E-state index in [1.165, 1.54) is 17.7 Å². The van der Waals surface area contributed by atoms with E-state index in [2.05, 4.69) is 30.5 Å². The Balaban J connectivity index is 1.74. The average Bonchev–Trinajstić information content (AvgIpc) is 2.54. The first kappa shape index (κ1) is 16.8. The monoisotopic (exact) mass is 316 g/mol. The first-order valence-corrected chi connectivity index (χ1v) is 7.58. The number of para-hydroxylation sites is 1. The summed E-state index contributed by atoms with van der Waals surface area (Å²) < 4.78 is 19.0. The number of rotatable bonds is 6. The van der Waals surface area contributed by atoms with E-state index in [0.29, 0.717) is 19.1 Å². The number of halogens is 1. The van der Waals surface area contributed by atoms with E-state index in [9.17, 15) is 9.18 Å². The minimum Gasteiger partial charge on any atom is -0.492 e. The minimum absolute atomic E-state index is 0.149. The second-order valence-electron chi connectivity index (χ2n) is 5.44. The number of nitrogens with one attached hydrogen (secondary N) is 2. The smallest absolute Gasteiger partial charge is 0.319 e. The fourth-order valence-electron chi connectivity index (χ4n) is 2.03. The number of hydrogen-bond acceptors (Lipinski definition) is 2. The quantitative estimate of drug-likeness (QED) is 0.787. The van der Waals surface area contributed by atoms with E-state index >= 15 is 0 Å². The van der Waals surface area contributed by atoms with Crippen molar-refractivity contribution in [2.75, 3.05) is 18.5 Å². The molecule has 0 atom stereocenters. The van der Waals surface area contributed by atoms with E-state index < -0.39 is 11.8 Å². The normalized spacial score (nSPS) is 10.4. The topological polar surface area (TPSA) is 50.4 Å². The molecule has 0 unspecified atom stereocenters. The van der Waals surface area contributed by atoms with Crippen LogP contribution in [0.4, 0.5) is 14.9 Å². The first-order valence-electron chi connectivity index (χ1n) is 7.58. The van der Waals surface area contributed by atoms with Gasteiger partial charge >= 0.3 is 6.03 Å². The van der Waals surface area contributed by atoms with Crippen LogP contribution in [-0.4, -0.2) is 19.2 Å². The molecule has 4 nitrogen and oxygen atoms in total. The zero-order chi connectivity index (χ0) is 16.7. The van der Waals surface area contributed by atoms with E-state index in [0.717, 1.165) is 5.75 Å². The molecule has 0 saturated heterocycles. The van der Waals surface area contributed by atoms with Gasteiger partial charge in [-0.2, -0.15) is 0 Å². The number of urea groups is 1. The van der Waals surface area contributed by atoms with Gasteiger partial charge in [0.2, 0.25) is 0 Å². The van der Waals surface area contributed by atoms with Gasteiger partial charge in [-0.15, -0.1) is 0 Å². The Morgan fingerprint density at radius 3 is 2.70 bits per heavy atom. The van der Waals surface area contributed by atoms with Crippen molar-refractivity contribution in [2.24, 2.45) is 0 Å². The Bertz CT molecular complexity index is 659. The molecule has 5 heteroatoms. The van der Waals surface area contributed by atoms with Crippen LogP contribution in [0.25, 0.3) is 0 Å². The average molecular weight is 316 g/mol. The summed E-state index contributed by atoms with van der Waals surface area (Å²) in [5.74, 6) is 0.736. The molecule has 0 aromatic heterocycles. The molecular formula is C18H21FN2O2. The van der Waals surface area contributed by atoms with Gasteiger partial charge in [-0.3, -0.25) is 0 Å². The van der Waals surface area contributed by atoms with Crippen molar-refractivity contribution in [1.29, 1.82) is 0 Å². The van der Waals surface area contributed by atoms with Crippen LogP contribution < -0.4 is 15.4 Å². The van der Waals surface area contributed by atoms with E-state index in [4.69, 9.17) is 4.74 Å². The molecule has 122 valence electrons. The molecule has 0 aliphatic rings. The lowest BCUT2D eigenvalue weighted by atomic mass is 10.0. The number of hydrogen-bond donors (Lipinski definition) is 2. The van der Waals surface area contributed by atoms with Gasteiger partial charge in [0.25, 0.3) is 0 Å². The molecule has 2 rings (SSSR count). The summed E-state index contributed by atoms with van der Waals surface area (Å²) in [6, 6.07) is 13.4. The number of benzene rings is 2. The Labute approximate surface area is 135 Å². The summed E-state index contributed by atoms with van der Waals surface area (Å²) in [5.41, 5.74) is 1.35. The lowest BCUT2D eigenvalue weighted by molar-refractivity contribution is 0.247. The Morgan fingerprint density at radius 1 is 1.17 bits per heavy atom. The summed E-state index contributed by atoms with van der Waals surface area (Å²) in [5, 5.41) is 5.08. The fraction of sp³-hybridized carbons (Fsp3) is 0.278. The zero-order valence-corrected chi connectivity index (χ0v) is 13.3. The highest BCUT2D eigenvalue weighted by Crippen LogP contribution is 2.19. The molecule has 2 N–H and O–H groups in total. The maximum atomic E-state index is 13.4. The Hall–Kier alpha value is -2.56. The predicted molar refractivity (Wildman–Crippen MR) is 89.4 cm³/mol. The molecule has 0 spiro atoms. The third kappa shape index (κ3) is 5.29. The SMILES string of the molecule is CC(C)c1cccc(OCCNC(=O)Nc2ccccc2F)c1. The molecule has 0 bridgehead atoms. The Morgan fingerprint density at radius 2 is 1.96 bits per heavy atom. The second-order valence-corrected chi connectivity index (χ2v) is 5.44. The van der Waals surface area contributed by atoms with Gasteiger partial charge in [0.1, 0.15) is 18.2 Å². The van der Waals surface area contributed by atoms with Crippen LogP contribution in [0, 0.1) is 5.82 Å². The summed E-state index contributed by atoms with van der Waals surface area (Å²) in [4.78, 5) is 11.7. The fourth-order valence-corrected chi connectivity index (χ4v) is 2.03. The van der Waals surface area contributed by atoms with Gasteiger partial charge in [-0.1, -0.05) is 38.1 Å². The lowest BCUT2D eigenvalue weighted by Crippen LogP contribution is -2.32. The highest BCUT2D eigenvalue weighted by molar-refractivity contribution is 5.89. The molecule has 0 radical (unpaired) electrons. The van der Waals surface area contributed by atoms with Gasteiger partial charge in [-0.25, -0.2) is 9.18 Å².